The van der Waals surface area contributed by atoms with Crippen molar-refractivity contribution in [3.05, 3.63) is 87.2 Å². The van der Waals surface area contributed by atoms with Crippen LogP contribution in [0.5, 0.6) is 5.75 Å². The maximum atomic E-state index is 9.72. The molecule has 0 spiro atoms. The molecule has 4 rings (SSSR count). The standard InChI is InChI=1S/C20H12Cl2N2O/c21-14-6-3-7-15(22)19(14)18-13(10-23)20(24)25-16-9-8-11-4-1-2-5-12(11)17(16)18/h1-9,18H,24H2/t18-/m1/s1. The van der Waals surface area contributed by atoms with E-state index in [4.69, 9.17) is 33.7 Å². The lowest BCUT2D eigenvalue weighted by Gasteiger charge is -2.28. The predicted molar refractivity (Wildman–Crippen MR) is 99.7 cm³/mol. The summed E-state index contributed by atoms with van der Waals surface area (Å²) in [6.45, 7) is 0. The van der Waals surface area contributed by atoms with Crippen molar-refractivity contribution in [2.45, 2.75) is 5.92 Å². The first kappa shape index (κ1) is 15.8. The van der Waals surface area contributed by atoms with Gasteiger partial charge < -0.3 is 10.5 Å². The van der Waals surface area contributed by atoms with Gasteiger partial charge >= 0.3 is 0 Å². The van der Waals surface area contributed by atoms with Crippen LogP contribution in [0.3, 0.4) is 0 Å². The maximum absolute atomic E-state index is 9.72. The molecule has 122 valence electrons. The average Bonchev–Trinajstić information content (AvgIpc) is 2.61. The Balaban J connectivity index is 2.13. The number of hydrogen-bond acceptors (Lipinski definition) is 3. The van der Waals surface area contributed by atoms with E-state index in [2.05, 4.69) is 6.07 Å². The zero-order valence-electron chi connectivity index (χ0n) is 13.0. The van der Waals surface area contributed by atoms with Crippen molar-refractivity contribution < 1.29 is 4.74 Å². The van der Waals surface area contributed by atoms with E-state index in [1.807, 2.05) is 36.4 Å². The topological polar surface area (TPSA) is 59.0 Å². The predicted octanol–water partition coefficient (Wildman–Crippen LogP) is 5.36. The van der Waals surface area contributed by atoms with Gasteiger partial charge in [0.05, 0.1) is 5.92 Å². The normalized spacial score (nSPS) is 16.3. The number of nitrogens with zero attached hydrogens (tertiary/aromatic N) is 1. The van der Waals surface area contributed by atoms with E-state index >= 15 is 0 Å². The lowest BCUT2D eigenvalue weighted by molar-refractivity contribution is 0.395. The van der Waals surface area contributed by atoms with Crippen LogP contribution in [0.15, 0.2) is 66.1 Å². The second kappa shape index (κ2) is 6.00. The van der Waals surface area contributed by atoms with Crippen LogP contribution in [-0.4, -0.2) is 0 Å². The average molecular weight is 367 g/mol. The second-order valence-electron chi connectivity index (χ2n) is 5.76. The Kier molecular flexibility index (Phi) is 3.80. The molecule has 0 saturated heterocycles. The zero-order chi connectivity index (χ0) is 17.6. The van der Waals surface area contributed by atoms with Gasteiger partial charge in [0, 0.05) is 21.2 Å². The zero-order valence-corrected chi connectivity index (χ0v) is 14.5. The maximum Gasteiger partial charge on any atom is 0.205 e. The lowest BCUT2D eigenvalue weighted by Crippen LogP contribution is -2.21. The first-order valence-corrected chi connectivity index (χ1v) is 8.40. The molecular weight excluding hydrogens is 355 g/mol. The number of fused-ring (bicyclic) bond motifs is 3. The quantitative estimate of drug-likeness (QED) is 0.630. The van der Waals surface area contributed by atoms with Crippen LogP contribution in [0, 0.1) is 11.3 Å². The number of allylic oxidation sites excluding steroid dienone is 1. The smallest absolute Gasteiger partial charge is 0.205 e. The third-order valence-electron chi connectivity index (χ3n) is 4.40. The van der Waals surface area contributed by atoms with Crippen molar-refractivity contribution in [1.82, 2.24) is 0 Å². The third-order valence-corrected chi connectivity index (χ3v) is 5.06. The first-order chi connectivity index (χ1) is 12.1. The highest BCUT2D eigenvalue weighted by Crippen LogP contribution is 2.48. The van der Waals surface area contributed by atoms with Gasteiger partial charge in [-0.3, -0.25) is 0 Å². The fraction of sp³-hybridized carbons (Fsp3) is 0.0500. The molecule has 2 N–H and O–H groups in total. The largest absolute Gasteiger partial charge is 0.440 e. The Hall–Kier alpha value is -2.67. The van der Waals surface area contributed by atoms with Gasteiger partial charge in [0.1, 0.15) is 17.4 Å². The SMILES string of the molecule is N#CC1=C(N)Oc2ccc3ccccc3c2[C@@H]1c1c(Cl)cccc1Cl. The molecule has 0 amide bonds. The summed E-state index contributed by atoms with van der Waals surface area (Å²) < 4.78 is 5.72. The number of nitrogens with two attached hydrogens (primary N) is 1. The number of halogens is 2. The van der Waals surface area contributed by atoms with E-state index in [0.717, 1.165) is 16.3 Å². The summed E-state index contributed by atoms with van der Waals surface area (Å²) in [4.78, 5) is 0. The molecule has 0 aromatic heterocycles. The fourth-order valence-corrected chi connectivity index (χ4v) is 3.93. The molecule has 1 aliphatic heterocycles. The molecule has 0 aliphatic carbocycles. The summed E-state index contributed by atoms with van der Waals surface area (Å²) in [6, 6.07) is 19.2. The van der Waals surface area contributed by atoms with Gasteiger partial charge in [0.2, 0.25) is 5.88 Å². The first-order valence-electron chi connectivity index (χ1n) is 7.65. The molecule has 0 saturated carbocycles. The Morgan fingerprint density at radius 3 is 2.36 bits per heavy atom. The monoisotopic (exact) mass is 366 g/mol. The van der Waals surface area contributed by atoms with Crippen LogP contribution < -0.4 is 10.5 Å². The van der Waals surface area contributed by atoms with Crippen LogP contribution in [0.4, 0.5) is 0 Å². The lowest BCUT2D eigenvalue weighted by atomic mass is 9.81. The van der Waals surface area contributed by atoms with E-state index in [0.29, 0.717) is 26.9 Å². The van der Waals surface area contributed by atoms with E-state index in [1.165, 1.54) is 0 Å². The van der Waals surface area contributed by atoms with Crippen LogP contribution in [0.2, 0.25) is 10.0 Å². The highest BCUT2D eigenvalue weighted by Gasteiger charge is 2.34. The molecule has 1 aliphatic rings. The minimum Gasteiger partial charge on any atom is -0.440 e. The molecule has 0 radical (unpaired) electrons. The summed E-state index contributed by atoms with van der Waals surface area (Å²) >= 11 is 12.9. The van der Waals surface area contributed by atoms with Gasteiger partial charge in [-0.1, -0.05) is 59.6 Å². The van der Waals surface area contributed by atoms with Crippen LogP contribution >= 0.6 is 23.2 Å². The summed E-state index contributed by atoms with van der Waals surface area (Å²) in [7, 11) is 0. The van der Waals surface area contributed by atoms with Crippen molar-refractivity contribution in [3.8, 4) is 11.8 Å². The minimum atomic E-state index is -0.485. The molecule has 3 aromatic carbocycles. The molecule has 1 atom stereocenters. The summed E-state index contributed by atoms with van der Waals surface area (Å²) in [5, 5.41) is 12.7. The molecule has 0 bridgehead atoms. The van der Waals surface area contributed by atoms with Crippen LogP contribution in [0.1, 0.15) is 17.0 Å². The van der Waals surface area contributed by atoms with Crippen molar-refractivity contribution in [2.24, 2.45) is 5.73 Å². The van der Waals surface area contributed by atoms with Gasteiger partial charge in [-0.05, 0) is 29.0 Å². The molecule has 0 unspecified atom stereocenters. The Bertz CT molecular complexity index is 1060. The number of nitriles is 1. The van der Waals surface area contributed by atoms with E-state index in [1.54, 1.807) is 18.2 Å². The highest BCUT2D eigenvalue weighted by molar-refractivity contribution is 6.36. The summed E-state index contributed by atoms with van der Waals surface area (Å²) in [6.07, 6.45) is 0. The van der Waals surface area contributed by atoms with E-state index in [9.17, 15) is 5.26 Å². The van der Waals surface area contributed by atoms with Crippen molar-refractivity contribution >= 4 is 34.0 Å². The van der Waals surface area contributed by atoms with E-state index < -0.39 is 5.92 Å². The Labute approximate surface area is 154 Å². The highest BCUT2D eigenvalue weighted by atomic mass is 35.5. The summed E-state index contributed by atoms with van der Waals surface area (Å²) in [5.41, 5.74) is 7.83. The van der Waals surface area contributed by atoms with Gasteiger partial charge in [-0.25, -0.2) is 0 Å². The van der Waals surface area contributed by atoms with Crippen molar-refractivity contribution in [3.63, 3.8) is 0 Å². The van der Waals surface area contributed by atoms with Gasteiger partial charge in [-0.2, -0.15) is 5.26 Å². The van der Waals surface area contributed by atoms with E-state index in [-0.39, 0.29) is 5.88 Å². The number of benzene rings is 3. The van der Waals surface area contributed by atoms with Crippen molar-refractivity contribution in [2.75, 3.05) is 0 Å². The molecular formula is C20H12Cl2N2O. The van der Waals surface area contributed by atoms with Crippen LogP contribution in [0.25, 0.3) is 10.8 Å². The second-order valence-corrected chi connectivity index (χ2v) is 6.57. The molecule has 5 heteroatoms. The van der Waals surface area contributed by atoms with Gasteiger partial charge in [0.15, 0.2) is 0 Å². The third kappa shape index (κ3) is 2.42. The fourth-order valence-electron chi connectivity index (χ4n) is 3.32. The van der Waals surface area contributed by atoms with Gasteiger partial charge in [0.25, 0.3) is 0 Å². The van der Waals surface area contributed by atoms with Gasteiger partial charge in [-0.15, -0.1) is 0 Å². The Morgan fingerprint density at radius 2 is 1.64 bits per heavy atom. The number of ether oxygens (including phenoxy) is 1. The van der Waals surface area contributed by atoms with Crippen molar-refractivity contribution in [1.29, 1.82) is 5.26 Å². The molecule has 3 nitrogen and oxygen atoms in total. The molecule has 25 heavy (non-hydrogen) atoms. The van der Waals surface area contributed by atoms with Crippen LogP contribution in [-0.2, 0) is 0 Å². The molecule has 3 aromatic rings. The Morgan fingerprint density at radius 1 is 0.920 bits per heavy atom. The minimum absolute atomic E-state index is 0.0752. The number of rotatable bonds is 1. The molecule has 1 heterocycles. The number of hydrogen-bond donors (Lipinski definition) is 1. The summed E-state index contributed by atoms with van der Waals surface area (Å²) in [5.74, 6) is 0.198. The molecule has 0 fully saturated rings.